The molecule has 0 bridgehead atoms. The highest BCUT2D eigenvalue weighted by Crippen LogP contribution is 2.40. The first-order chi connectivity index (χ1) is 14.4. The van der Waals surface area contributed by atoms with Crippen molar-refractivity contribution in [3.63, 3.8) is 0 Å². The van der Waals surface area contributed by atoms with Gasteiger partial charge in [-0.15, -0.1) is 0 Å². The first kappa shape index (κ1) is 20.9. The predicted molar refractivity (Wildman–Crippen MR) is 116 cm³/mol. The summed E-state index contributed by atoms with van der Waals surface area (Å²) in [5.41, 5.74) is 2.96. The molecule has 30 heavy (non-hydrogen) atoms. The molecular weight excluding hydrogens is 378 g/mol. The summed E-state index contributed by atoms with van der Waals surface area (Å²) in [5, 5.41) is 11.1. The lowest BCUT2D eigenvalue weighted by Gasteiger charge is -2.42. The van der Waals surface area contributed by atoms with E-state index in [1.165, 1.54) is 5.56 Å². The van der Waals surface area contributed by atoms with Gasteiger partial charge in [-0.1, -0.05) is 30.3 Å². The number of aliphatic hydroxyl groups excluding tert-OH is 1. The highest BCUT2D eigenvalue weighted by molar-refractivity contribution is 6.03. The van der Waals surface area contributed by atoms with Crippen LogP contribution < -0.4 is 9.47 Å². The van der Waals surface area contributed by atoms with E-state index in [4.69, 9.17) is 9.47 Å². The third kappa shape index (κ3) is 3.96. The van der Waals surface area contributed by atoms with Gasteiger partial charge in [-0.3, -0.25) is 4.79 Å². The second-order valence-electron chi connectivity index (χ2n) is 9.08. The molecular formula is C25H32NO4+. The molecule has 5 heteroatoms. The Bertz CT molecular complexity index is 903. The zero-order valence-electron chi connectivity index (χ0n) is 18.1. The summed E-state index contributed by atoms with van der Waals surface area (Å²) in [6.45, 7) is 3.05. The van der Waals surface area contributed by atoms with Crippen LogP contribution in [0.1, 0.15) is 34.3 Å². The molecule has 0 aromatic heterocycles. The highest BCUT2D eigenvalue weighted by Gasteiger charge is 2.42. The Balaban J connectivity index is 1.42. The van der Waals surface area contributed by atoms with Crippen LogP contribution in [0.25, 0.3) is 0 Å². The summed E-state index contributed by atoms with van der Waals surface area (Å²) in [6.07, 6.45) is 1.85. The van der Waals surface area contributed by atoms with Crippen LogP contribution in [0, 0.1) is 11.8 Å². The van der Waals surface area contributed by atoms with Crippen LogP contribution in [0.4, 0.5) is 0 Å². The Labute approximate surface area is 178 Å². The van der Waals surface area contributed by atoms with Gasteiger partial charge in [-0.05, 0) is 30.0 Å². The van der Waals surface area contributed by atoms with E-state index in [-0.39, 0.29) is 17.6 Å². The lowest BCUT2D eigenvalue weighted by atomic mass is 9.82. The first-order valence-corrected chi connectivity index (χ1v) is 10.8. The second kappa shape index (κ2) is 8.40. The number of hydrogen-bond donors (Lipinski definition) is 1. The number of ketones is 1. The summed E-state index contributed by atoms with van der Waals surface area (Å²) < 4.78 is 11.7. The highest BCUT2D eigenvalue weighted by atomic mass is 16.5. The fraction of sp³-hybridized carbons (Fsp3) is 0.480. The number of rotatable bonds is 6. The van der Waals surface area contributed by atoms with Gasteiger partial charge in [0.25, 0.3) is 0 Å². The number of Topliss-reactive ketones (excluding diaryl/α,β-unsaturated/α-hetero) is 1. The Morgan fingerprint density at radius 2 is 1.70 bits per heavy atom. The SMILES string of the molecule is COc1cc2c(cc1OC)C(=O)[C@@H]([C@H](O)C1CC[N+](C)(Cc3ccccc3)CC1)C2. The van der Waals surface area contributed by atoms with Crippen LogP contribution in [-0.4, -0.2) is 55.8 Å². The van der Waals surface area contributed by atoms with E-state index >= 15 is 0 Å². The van der Waals surface area contributed by atoms with Gasteiger partial charge in [0.2, 0.25) is 0 Å². The third-order valence-electron chi connectivity index (χ3n) is 7.03. The summed E-state index contributed by atoms with van der Waals surface area (Å²) >= 11 is 0. The number of aliphatic hydroxyl groups is 1. The molecule has 1 aliphatic heterocycles. The standard InChI is InChI=1S/C25H32NO4/c1-26(16-17-7-5-4-6-8-17)11-9-18(10-12-26)24(27)21-13-19-14-22(29-2)23(30-3)15-20(19)25(21)28/h4-8,14-15,18,21,24,27H,9-13,16H2,1-3H3/q+1/t18?,21-,24-,26?/m1/s1. The van der Waals surface area contributed by atoms with Crippen molar-refractivity contribution in [2.75, 3.05) is 34.4 Å². The number of nitrogens with zero attached hydrogens (tertiary/aromatic N) is 1. The van der Waals surface area contributed by atoms with E-state index in [0.29, 0.717) is 23.5 Å². The Morgan fingerprint density at radius 1 is 1.07 bits per heavy atom. The van der Waals surface area contributed by atoms with Crippen LogP contribution in [-0.2, 0) is 13.0 Å². The third-order valence-corrected chi connectivity index (χ3v) is 7.03. The van der Waals surface area contributed by atoms with Crippen molar-refractivity contribution >= 4 is 5.78 Å². The van der Waals surface area contributed by atoms with Crippen molar-refractivity contribution in [2.45, 2.75) is 31.9 Å². The molecule has 0 saturated carbocycles. The molecule has 160 valence electrons. The van der Waals surface area contributed by atoms with Crippen molar-refractivity contribution in [2.24, 2.45) is 11.8 Å². The molecule has 2 aromatic carbocycles. The van der Waals surface area contributed by atoms with Gasteiger partial charge in [0.15, 0.2) is 17.3 Å². The first-order valence-electron chi connectivity index (χ1n) is 10.8. The molecule has 0 radical (unpaired) electrons. The zero-order valence-corrected chi connectivity index (χ0v) is 18.1. The average molecular weight is 411 g/mol. The number of likely N-dealkylation sites (tertiary alicyclic amines) is 1. The van der Waals surface area contributed by atoms with E-state index in [9.17, 15) is 9.90 Å². The fourth-order valence-electron chi connectivity index (χ4n) is 5.19. The number of fused-ring (bicyclic) bond motifs is 1. The molecule has 4 rings (SSSR count). The molecule has 1 N–H and O–H groups in total. The number of carbonyl (C=O) groups excluding carboxylic acids is 1. The van der Waals surface area contributed by atoms with Gasteiger partial charge in [0.05, 0.1) is 46.4 Å². The minimum atomic E-state index is -0.604. The lowest BCUT2D eigenvalue weighted by Crippen LogP contribution is -2.51. The minimum absolute atomic E-state index is 0.0329. The van der Waals surface area contributed by atoms with E-state index < -0.39 is 6.10 Å². The number of carbonyl (C=O) groups is 1. The molecule has 0 spiro atoms. The summed E-state index contributed by atoms with van der Waals surface area (Å²) in [6, 6.07) is 14.2. The van der Waals surface area contributed by atoms with Crippen molar-refractivity contribution in [3.8, 4) is 11.5 Å². The van der Waals surface area contributed by atoms with Gasteiger partial charge in [0.1, 0.15) is 6.54 Å². The Kier molecular flexibility index (Phi) is 5.85. The largest absolute Gasteiger partial charge is 0.493 e. The molecule has 1 aliphatic carbocycles. The number of hydrogen-bond acceptors (Lipinski definition) is 4. The number of benzene rings is 2. The lowest BCUT2D eigenvalue weighted by molar-refractivity contribution is -0.928. The van der Waals surface area contributed by atoms with Crippen LogP contribution in [0.15, 0.2) is 42.5 Å². The maximum absolute atomic E-state index is 13.1. The van der Waals surface area contributed by atoms with Gasteiger partial charge < -0.3 is 19.1 Å². The van der Waals surface area contributed by atoms with Crippen molar-refractivity contribution in [3.05, 3.63) is 59.2 Å². The maximum Gasteiger partial charge on any atom is 0.169 e. The fourth-order valence-corrected chi connectivity index (χ4v) is 5.19. The van der Waals surface area contributed by atoms with Gasteiger partial charge in [0, 0.05) is 24.0 Å². The smallest absolute Gasteiger partial charge is 0.169 e. The monoisotopic (exact) mass is 410 g/mol. The topological polar surface area (TPSA) is 55.8 Å². The average Bonchev–Trinajstić information content (AvgIpc) is 3.08. The molecule has 0 unspecified atom stereocenters. The summed E-state index contributed by atoms with van der Waals surface area (Å²) in [7, 11) is 5.47. The molecule has 1 saturated heterocycles. The van der Waals surface area contributed by atoms with E-state index in [2.05, 4.69) is 31.3 Å². The number of piperidine rings is 1. The zero-order chi connectivity index (χ0) is 21.3. The molecule has 0 amide bonds. The summed E-state index contributed by atoms with van der Waals surface area (Å²) in [5.74, 6) is 1.02. The van der Waals surface area contributed by atoms with Crippen LogP contribution in [0.2, 0.25) is 0 Å². The van der Waals surface area contributed by atoms with Crippen molar-refractivity contribution in [1.82, 2.24) is 0 Å². The van der Waals surface area contributed by atoms with Crippen molar-refractivity contribution < 1.29 is 23.9 Å². The Hall–Kier alpha value is -2.37. The second-order valence-corrected chi connectivity index (χ2v) is 9.08. The predicted octanol–water partition coefficient (Wildman–Crippen LogP) is 3.48. The van der Waals surface area contributed by atoms with E-state index in [1.807, 2.05) is 12.1 Å². The molecule has 2 aliphatic rings. The van der Waals surface area contributed by atoms with Gasteiger partial charge >= 0.3 is 0 Å². The number of methoxy groups -OCH3 is 2. The Morgan fingerprint density at radius 3 is 2.33 bits per heavy atom. The quantitative estimate of drug-likeness (QED) is 0.741. The number of ether oxygens (including phenoxy) is 2. The molecule has 2 atom stereocenters. The van der Waals surface area contributed by atoms with Gasteiger partial charge in [-0.25, -0.2) is 0 Å². The molecule has 1 heterocycles. The van der Waals surface area contributed by atoms with Crippen molar-refractivity contribution in [1.29, 1.82) is 0 Å². The van der Waals surface area contributed by atoms with Crippen LogP contribution >= 0.6 is 0 Å². The normalized spacial score (nSPS) is 26.9. The van der Waals surface area contributed by atoms with Crippen LogP contribution in [0.3, 0.4) is 0 Å². The number of quaternary nitrogens is 1. The van der Waals surface area contributed by atoms with E-state index in [1.54, 1.807) is 20.3 Å². The molecule has 1 fully saturated rings. The van der Waals surface area contributed by atoms with Crippen LogP contribution in [0.5, 0.6) is 11.5 Å². The maximum atomic E-state index is 13.1. The molecule has 5 nitrogen and oxygen atoms in total. The summed E-state index contributed by atoms with van der Waals surface area (Å²) in [4.78, 5) is 13.1. The van der Waals surface area contributed by atoms with Gasteiger partial charge in [-0.2, -0.15) is 0 Å². The van der Waals surface area contributed by atoms with E-state index in [0.717, 1.165) is 42.5 Å². The molecule has 2 aromatic rings. The minimum Gasteiger partial charge on any atom is -0.493 e.